The zero-order chi connectivity index (χ0) is 15.6. The molecule has 2 N–H and O–H groups in total. The van der Waals surface area contributed by atoms with Crippen molar-refractivity contribution < 1.29 is 19.4 Å². The van der Waals surface area contributed by atoms with Crippen LogP contribution >= 0.6 is 15.9 Å². The Morgan fingerprint density at radius 3 is 2.67 bits per heavy atom. The highest BCUT2D eigenvalue weighted by Crippen LogP contribution is 2.28. The van der Waals surface area contributed by atoms with E-state index in [1.807, 2.05) is 6.92 Å². The molecule has 0 aliphatic carbocycles. The second-order valence-corrected chi connectivity index (χ2v) is 5.96. The summed E-state index contributed by atoms with van der Waals surface area (Å²) in [5, 5.41) is 11.9. The maximum Gasteiger partial charge on any atom is 0.321 e. The van der Waals surface area contributed by atoms with E-state index in [9.17, 15) is 9.59 Å². The van der Waals surface area contributed by atoms with Crippen molar-refractivity contribution in [3.63, 3.8) is 0 Å². The quantitative estimate of drug-likeness (QED) is 0.872. The number of ether oxygens (including phenoxy) is 1. The van der Waals surface area contributed by atoms with Crippen molar-refractivity contribution >= 4 is 33.6 Å². The summed E-state index contributed by atoms with van der Waals surface area (Å²) in [7, 11) is 1.57. The summed E-state index contributed by atoms with van der Waals surface area (Å²) in [4.78, 5) is 24.8. The van der Waals surface area contributed by atoms with E-state index >= 15 is 0 Å². The number of hydrogen-bond acceptors (Lipinski definition) is 3. The average molecular weight is 357 g/mol. The van der Waals surface area contributed by atoms with Crippen molar-refractivity contribution in [1.29, 1.82) is 0 Å². The highest BCUT2D eigenvalue weighted by atomic mass is 79.9. The van der Waals surface area contributed by atoms with Crippen molar-refractivity contribution in [2.45, 2.75) is 6.92 Å². The molecule has 2 rings (SSSR count). The number of carboxylic acid groups (broad SMARTS) is 1. The predicted molar refractivity (Wildman–Crippen MR) is 81.6 cm³/mol. The van der Waals surface area contributed by atoms with Crippen molar-refractivity contribution in [2.24, 2.45) is 11.8 Å². The smallest absolute Gasteiger partial charge is 0.321 e. The molecule has 0 aromatic heterocycles. The Labute approximate surface area is 131 Å². The molecule has 1 aromatic rings. The summed E-state index contributed by atoms with van der Waals surface area (Å²) in [6, 6.07) is 4.93. The fraction of sp³-hybridized carbons (Fsp3) is 0.429. The first kappa shape index (κ1) is 15.6. The number of nitrogens with zero attached hydrogens (tertiary/aromatic N) is 1. The Morgan fingerprint density at radius 1 is 1.43 bits per heavy atom. The highest BCUT2D eigenvalue weighted by Gasteiger charge is 2.36. The van der Waals surface area contributed by atoms with Crippen molar-refractivity contribution in [3.8, 4) is 5.75 Å². The van der Waals surface area contributed by atoms with Crippen LogP contribution in [0.5, 0.6) is 5.75 Å². The summed E-state index contributed by atoms with van der Waals surface area (Å²) in [5.74, 6) is -0.729. The van der Waals surface area contributed by atoms with Gasteiger partial charge in [-0.3, -0.25) is 4.79 Å². The van der Waals surface area contributed by atoms with E-state index in [4.69, 9.17) is 9.84 Å². The molecular weight excluding hydrogens is 340 g/mol. The summed E-state index contributed by atoms with van der Waals surface area (Å²) in [6.45, 7) is 2.52. The second-order valence-electron chi connectivity index (χ2n) is 5.11. The van der Waals surface area contributed by atoms with Crippen LogP contribution in [-0.2, 0) is 4.79 Å². The van der Waals surface area contributed by atoms with Crippen molar-refractivity contribution in [1.82, 2.24) is 4.90 Å². The molecule has 1 fully saturated rings. The molecule has 0 saturated carbocycles. The number of urea groups is 1. The molecule has 1 aliphatic heterocycles. The Balaban J connectivity index is 2.02. The molecule has 0 radical (unpaired) electrons. The number of carbonyl (C=O) groups excluding carboxylic acids is 1. The zero-order valence-electron chi connectivity index (χ0n) is 11.8. The molecule has 0 bridgehead atoms. The molecule has 114 valence electrons. The number of nitrogens with one attached hydrogen (secondary N) is 1. The minimum atomic E-state index is -0.856. The van der Waals surface area contributed by atoms with Gasteiger partial charge in [-0.15, -0.1) is 0 Å². The number of carboxylic acids is 1. The molecule has 2 atom stereocenters. The van der Waals surface area contributed by atoms with Gasteiger partial charge in [0.2, 0.25) is 0 Å². The second kappa shape index (κ2) is 6.34. The summed E-state index contributed by atoms with van der Waals surface area (Å²) in [5.41, 5.74) is 0.624. The lowest BCUT2D eigenvalue weighted by atomic mass is 9.99. The van der Waals surface area contributed by atoms with Gasteiger partial charge in [0, 0.05) is 18.8 Å². The number of benzene rings is 1. The van der Waals surface area contributed by atoms with Crippen LogP contribution in [0.2, 0.25) is 0 Å². The lowest BCUT2D eigenvalue weighted by Gasteiger charge is -2.17. The summed E-state index contributed by atoms with van der Waals surface area (Å²) < 4.78 is 5.86. The van der Waals surface area contributed by atoms with Gasteiger partial charge in [-0.25, -0.2) is 4.79 Å². The molecule has 6 nitrogen and oxygen atoms in total. The molecule has 2 amide bonds. The van der Waals surface area contributed by atoms with Crippen molar-refractivity contribution in [3.05, 3.63) is 22.7 Å². The molecule has 1 saturated heterocycles. The molecule has 1 aliphatic rings. The minimum Gasteiger partial charge on any atom is -0.496 e. The fourth-order valence-electron chi connectivity index (χ4n) is 2.40. The number of carbonyl (C=O) groups is 2. The van der Waals surface area contributed by atoms with Crippen LogP contribution in [-0.4, -0.2) is 42.2 Å². The van der Waals surface area contributed by atoms with Crippen molar-refractivity contribution in [2.75, 3.05) is 25.5 Å². The maximum absolute atomic E-state index is 12.2. The van der Waals surface area contributed by atoms with E-state index in [0.29, 0.717) is 18.0 Å². The van der Waals surface area contributed by atoms with Gasteiger partial charge >= 0.3 is 12.0 Å². The lowest BCUT2D eigenvalue weighted by Crippen LogP contribution is -2.33. The van der Waals surface area contributed by atoms with Gasteiger partial charge in [0.05, 0.1) is 17.5 Å². The molecular formula is C14H17BrN2O4. The van der Waals surface area contributed by atoms with Crippen LogP contribution in [0.3, 0.4) is 0 Å². The van der Waals surface area contributed by atoms with E-state index in [-0.39, 0.29) is 18.5 Å². The molecule has 0 unspecified atom stereocenters. The van der Waals surface area contributed by atoms with Crippen LogP contribution in [0.25, 0.3) is 0 Å². The van der Waals surface area contributed by atoms with E-state index in [0.717, 1.165) is 4.47 Å². The van der Waals surface area contributed by atoms with E-state index in [2.05, 4.69) is 21.2 Å². The fourth-order valence-corrected chi connectivity index (χ4v) is 2.94. The zero-order valence-corrected chi connectivity index (χ0v) is 13.4. The Morgan fingerprint density at radius 2 is 2.14 bits per heavy atom. The standard InChI is InChI=1S/C14H17BrN2O4/c1-8-6-17(7-10(8)13(18)19)14(20)16-9-3-4-12(21-2)11(15)5-9/h3-5,8,10H,6-7H2,1-2H3,(H,16,20)(H,18,19)/t8-,10-/m1/s1. The average Bonchev–Trinajstić information content (AvgIpc) is 2.81. The number of hydrogen-bond donors (Lipinski definition) is 2. The van der Waals surface area contributed by atoms with E-state index in [1.165, 1.54) is 4.90 Å². The Hall–Kier alpha value is -1.76. The largest absolute Gasteiger partial charge is 0.496 e. The molecule has 1 aromatic carbocycles. The molecule has 0 spiro atoms. The minimum absolute atomic E-state index is 0.0455. The van der Waals surface area contributed by atoms with Gasteiger partial charge in [-0.2, -0.15) is 0 Å². The van der Waals surface area contributed by atoms with Gasteiger partial charge < -0.3 is 20.1 Å². The Kier molecular flexibility index (Phi) is 4.72. The first-order valence-corrected chi connectivity index (χ1v) is 7.34. The van der Waals surface area contributed by atoms with Gasteiger partial charge in [0.15, 0.2) is 0 Å². The SMILES string of the molecule is COc1ccc(NC(=O)N2C[C@@H](C)[C@H](C(=O)O)C2)cc1Br. The topological polar surface area (TPSA) is 78.9 Å². The summed E-state index contributed by atoms with van der Waals surface area (Å²) >= 11 is 3.35. The lowest BCUT2D eigenvalue weighted by molar-refractivity contribution is -0.142. The first-order valence-electron chi connectivity index (χ1n) is 6.54. The molecule has 21 heavy (non-hydrogen) atoms. The van der Waals surface area contributed by atoms with Gasteiger partial charge in [0.25, 0.3) is 0 Å². The van der Waals surface area contributed by atoms with Crippen LogP contribution < -0.4 is 10.1 Å². The Bertz CT molecular complexity index is 564. The van der Waals surface area contributed by atoms with Crippen LogP contribution in [0, 0.1) is 11.8 Å². The van der Waals surface area contributed by atoms with Crippen LogP contribution in [0.15, 0.2) is 22.7 Å². The predicted octanol–water partition coefficient (Wildman–Crippen LogP) is 2.64. The normalized spacial score (nSPS) is 21.2. The highest BCUT2D eigenvalue weighted by molar-refractivity contribution is 9.10. The number of amides is 2. The molecule has 7 heteroatoms. The third kappa shape index (κ3) is 3.47. The van der Waals surface area contributed by atoms with E-state index < -0.39 is 11.9 Å². The van der Waals surface area contributed by atoms with E-state index in [1.54, 1.807) is 25.3 Å². The number of rotatable bonds is 3. The molecule has 1 heterocycles. The number of anilines is 1. The number of aliphatic carboxylic acids is 1. The first-order chi connectivity index (χ1) is 9.92. The number of likely N-dealkylation sites (tertiary alicyclic amines) is 1. The van der Waals surface area contributed by atoms with Crippen LogP contribution in [0.1, 0.15) is 6.92 Å². The maximum atomic E-state index is 12.2. The number of methoxy groups -OCH3 is 1. The third-order valence-corrected chi connectivity index (χ3v) is 4.24. The monoisotopic (exact) mass is 356 g/mol. The van der Waals surface area contributed by atoms with Gasteiger partial charge in [-0.1, -0.05) is 6.92 Å². The number of halogens is 1. The third-order valence-electron chi connectivity index (χ3n) is 3.62. The van der Waals surface area contributed by atoms with Crippen LogP contribution in [0.4, 0.5) is 10.5 Å². The van der Waals surface area contributed by atoms with Gasteiger partial charge in [0.1, 0.15) is 5.75 Å². The van der Waals surface area contributed by atoms with Gasteiger partial charge in [-0.05, 0) is 40.0 Å². The summed E-state index contributed by atoms with van der Waals surface area (Å²) in [6.07, 6.45) is 0.